The number of rotatable bonds is 5. The van der Waals surface area contributed by atoms with E-state index in [1.807, 2.05) is 12.1 Å². The summed E-state index contributed by atoms with van der Waals surface area (Å²) in [6, 6.07) is 12.7. The molecule has 0 spiro atoms. The molecule has 3 heteroatoms. The van der Waals surface area contributed by atoms with Gasteiger partial charge in [0.05, 0.1) is 0 Å². The molecule has 0 saturated carbocycles. The smallest absolute Gasteiger partial charge is 0.125 e. The molecule has 2 aromatic carbocycles. The summed E-state index contributed by atoms with van der Waals surface area (Å²) in [6.07, 6.45) is 1.11. The first-order chi connectivity index (χ1) is 9.19. The van der Waals surface area contributed by atoms with Gasteiger partial charge in [-0.1, -0.05) is 36.7 Å². The Balaban J connectivity index is 2.22. The molecule has 0 heterocycles. The minimum absolute atomic E-state index is 0.308. The zero-order valence-corrected chi connectivity index (χ0v) is 11.7. The topological polar surface area (TPSA) is 12.0 Å². The van der Waals surface area contributed by atoms with Crippen molar-refractivity contribution in [2.24, 2.45) is 0 Å². The molecule has 0 aromatic heterocycles. The Morgan fingerprint density at radius 2 is 1.95 bits per heavy atom. The van der Waals surface area contributed by atoms with Crippen molar-refractivity contribution in [3.05, 3.63) is 58.9 Å². The van der Waals surface area contributed by atoms with Gasteiger partial charge >= 0.3 is 0 Å². The maximum atomic E-state index is 13.4. The Bertz CT molecular complexity index is 534. The van der Waals surface area contributed by atoms with Gasteiger partial charge in [-0.15, -0.1) is 0 Å². The van der Waals surface area contributed by atoms with E-state index in [1.165, 1.54) is 17.7 Å². The molecule has 0 amide bonds. The van der Waals surface area contributed by atoms with Crippen LogP contribution in [-0.4, -0.2) is 6.54 Å². The van der Waals surface area contributed by atoms with Gasteiger partial charge in [-0.05, 0) is 53.9 Å². The van der Waals surface area contributed by atoms with E-state index in [4.69, 9.17) is 11.6 Å². The molecule has 2 aromatic rings. The Morgan fingerprint density at radius 1 is 1.11 bits per heavy atom. The van der Waals surface area contributed by atoms with Crippen LogP contribution in [0.25, 0.3) is 11.1 Å². The molecule has 19 heavy (non-hydrogen) atoms. The number of hydrogen-bond donors (Lipinski definition) is 1. The predicted molar refractivity (Wildman–Crippen MR) is 78.8 cm³/mol. The summed E-state index contributed by atoms with van der Waals surface area (Å²) < 4.78 is 13.4. The average Bonchev–Trinajstić information content (AvgIpc) is 2.38. The van der Waals surface area contributed by atoms with E-state index in [9.17, 15) is 4.39 Å². The van der Waals surface area contributed by atoms with E-state index >= 15 is 0 Å². The zero-order valence-electron chi connectivity index (χ0n) is 10.9. The standard InChI is InChI=1S/C16H17ClFN/c1-2-6-19-11-12-4-3-5-13(7-12)14-8-15(17)10-16(18)9-14/h3-5,7-10,19H,2,6,11H2,1H3. The van der Waals surface area contributed by atoms with Crippen molar-refractivity contribution in [1.29, 1.82) is 0 Å². The summed E-state index contributed by atoms with van der Waals surface area (Å²) in [5.41, 5.74) is 2.98. The van der Waals surface area contributed by atoms with Gasteiger partial charge in [0.1, 0.15) is 5.82 Å². The summed E-state index contributed by atoms with van der Waals surface area (Å²) in [4.78, 5) is 0. The van der Waals surface area contributed by atoms with Crippen LogP contribution in [-0.2, 0) is 6.54 Å². The van der Waals surface area contributed by atoms with E-state index in [-0.39, 0.29) is 5.82 Å². The highest BCUT2D eigenvalue weighted by atomic mass is 35.5. The highest BCUT2D eigenvalue weighted by molar-refractivity contribution is 6.30. The minimum Gasteiger partial charge on any atom is -0.313 e. The largest absolute Gasteiger partial charge is 0.313 e. The quantitative estimate of drug-likeness (QED) is 0.785. The molecule has 0 unspecified atom stereocenters. The van der Waals surface area contributed by atoms with Crippen molar-refractivity contribution in [1.82, 2.24) is 5.32 Å². The van der Waals surface area contributed by atoms with E-state index in [1.54, 1.807) is 6.07 Å². The molecule has 0 atom stereocenters. The second-order valence-corrected chi connectivity index (χ2v) is 4.97. The monoisotopic (exact) mass is 277 g/mol. The molecule has 0 radical (unpaired) electrons. The molecule has 0 fully saturated rings. The van der Waals surface area contributed by atoms with E-state index in [2.05, 4.69) is 24.4 Å². The summed E-state index contributed by atoms with van der Waals surface area (Å²) in [5.74, 6) is -0.308. The van der Waals surface area contributed by atoms with Gasteiger partial charge in [0, 0.05) is 11.6 Å². The van der Waals surface area contributed by atoms with Crippen LogP contribution >= 0.6 is 11.6 Å². The normalized spacial score (nSPS) is 10.7. The van der Waals surface area contributed by atoms with Crippen LogP contribution < -0.4 is 5.32 Å². The van der Waals surface area contributed by atoms with E-state index < -0.39 is 0 Å². The predicted octanol–water partition coefficient (Wildman–Crippen LogP) is 4.65. The fourth-order valence-corrected chi connectivity index (χ4v) is 2.21. The molecule has 0 aliphatic rings. The summed E-state index contributed by atoms with van der Waals surface area (Å²) >= 11 is 5.89. The molecule has 0 aliphatic heterocycles. The number of nitrogens with one attached hydrogen (secondary N) is 1. The lowest BCUT2D eigenvalue weighted by atomic mass is 10.0. The molecule has 0 bridgehead atoms. The second-order valence-electron chi connectivity index (χ2n) is 4.54. The van der Waals surface area contributed by atoms with Crippen LogP contribution in [0.15, 0.2) is 42.5 Å². The van der Waals surface area contributed by atoms with Gasteiger partial charge in [-0.3, -0.25) is 0 Å². The zero-order chi connectivity index (χ0) is 13.7. The Kier molecular flexibility index (Phi) is 4.94. The molecule has 0 saturated heterocycles. The van der Waals surface area contributed by atoms with E-state index in [0.717, 1.165) is 30.6 Å². The second kappa shape index (κ2) is 6.69. The highest BCUT2D eigenvalue weighted by Crippen LogP contribution is 2.25. The van der Waals surface area contributed by atoms with Gasteiger partial charge in [0.2, 0.25) is 0 Å². The van der Waals surface area contributed by atoms with Crippen LogP contribution in [0.5, 0.6) is 0 Å². The first-order valence-electron chi connectivity index (χ1n) is 6.45. The number of hydrogen-bond acceptors (Lipinski definition) is 1. The Hall–Kier alpha value is -1.38. The van der Waals surface area contributed by atoms with Gasteiger partial charge in [-0.25, -0.2) is 4.39 Å². The molecule has 1 N–H and O–H groups in total. The van der Waals surface area contributed by atoms with Gasteiger partial charge in [-0.2, -0.15) is 0 Å². The van der Waals surface area contributed by atoms with Gasteiger partial charge in [0.15, 0.2) is 0 Å². The van der Waals surface area contributed by atoms with Gasteiger partial charge < -0.3 is 5.32 Å². The SMILES string of the molecule is CCCNCc1cccc(-c2cc(F)cc(Cl)c2)c1. The highest BCUT2D eigenvalue weighted by Gasteiger charge is 2.03. The molecular weight excluding hydrogens is 261 g/mol. The number of halogens is 2. The van der Waals surface area contributed by atoms with Crippen molar-refractivity contribution < 1.29 is 4.39 Å². The molecule has 100 valence electrons. The first-order valence-corrected chi connectivity index (χ1v) is 6.83. The van der Waals surface area contributed by atoms with E-state index in [0.29, 0.717) is 5.02 Å². The summed E-state index contributed by atoms with van der Waals surface area (Å²) in [6.45, 7) is 3.96. The average molecular weight is 278 g/mol. The van der Waals surface area contributed by atoms with Crippen LogP contribution in [0.1, 0.15) is 18.9 Å². The third kappa shape index (κ3) is 4.05. The van der Waals surface area contributed by atoms with Crippen molar-refractivity contribution >= 4 is 11.6 Å². The Labute approximate surface area is 118 Å². The third-order valence-corrected chi connectivity index (χ3v) is 3.10. The lowest BCUT2D eigenvalue weighted by Gasteiger charge is -2.07. The van der Waals surface area contributed by atoms with Crippen molar-refractivity contribution in [3.63, 3.8) is 0 Å². The lowest BCUT2D eigenvalue weighted by molar-refractivity contribution is 0.628. The fourth-order valence-electron chi connectivity index (χ4n) is 1.99. The minimum atomic E-state index is -0.308. The van der Waals surface area contributed by atoms with Gasteiger partial charge in [0.25, 0.3) is 0 Å². The van der Waals surface area contributed by atoms with Crippen LogP contribution in [0.3, 0.4) is 0 Å². The fraction of sp³-hybridized carbons (Fsp3) is 0.250. The maximum absolute atomic E-state index is 13.4. The van der Waals surface area contributed by atoms with Crippen LogP contribution in [0.2, 0.25) is 5.02 Å². The van der Waals surface area contributed by atoms with Crippen molar-refractivity contribution in [2.75, 3.05) is 6.54 Å². The molecular formula is C16H17ClFN. The molecule has 1 nitrogen and oxygen atoms in total. The summed E-state index contributed by atoms with van der Waals surface area (Å²) in [5, 5.41) is 3.77. The van der Waals surface area contributed by atoms with Crippen LogP contribution in [0, 0.1) is 5.82 Å². The summed E-state index contributed by atoms with van der Waals surface area (Å²) in [7, 11) is 0. The molecule has 2 rings (SSSR count). The number of benzene rings is 2. The lowest BCUT2D eigenvalue weighted by Crippen LogP contribution is -2.13. The van der Waals surface area contributed by atoms with Crippen LogP contribution in [0.4, 0.5) is 4.39 Å². The van der Waals surface area contributed by atoms with Crippen molar-refractivity contribution in [3.8, 4) is 11.1 Å². The molecule has 0 aliphatic carbocycles. The van der Waals surface area contributed by atoms with Crippen molar-refractivity contribution in [2.45, 2.75) is 19.9 Å². The maximum Gasteiger partial charge on any atom is 0.125 e. The first kappa shape index (κ1) is 14.0. The Morgan fingerprint density at radius 3 is 2.68 bits per heavy atom. The third-order valence-electron chi connectivity index (χ3n) is 2.88.